The fraction of sp³-hybridized carbons (Fsp3) is 0.250. The molecule has 0 bridgehead atoms. The molecule has 0 unspecified atom stereocenters. The highest BCUT2D eigenvalue weighted by atomic mass is 32.2. The van der Waals surface area contributed by atoms with Crippen LogP contribution in [0.25, 0.3) is 0 Å². The molecule has 0 saturated carbocycles. The van der Waals surface area contributed by atoms with Gasteiger partial charge in [0.1, 0.15) is 4.90 Å². The first kappa shape index (κ1) is 21.8. The summed E-state index contributed by atoms with van der Waals surface area (Å²) >= 11 is 0. The van der Waals surface area contributed by atoms with E-state index < -0.39 is 20.0 Å². The van der Waals surface area contributed by atoms with E-state index >= 15 is 0 Å². The van der Waals surface area contributed by atoms with Gasteiger partial charge in [0, 0.05) is 18.4 Å². The van der Waals surface area contributed by atoms with Crippen molar-refractivity contribution in [1.29, 1.82) is 0 Å². The van der Waals surface area contributed by atoms with E-state index in [0.717, 1.165) is 16.7 Å². The Bertz CT molecular complexity index is 1260. The van der Waals surface area contributed by atoms with Gasteiger partial charge >= 0.3 is 0 Å². The van der Waals surface area contributed by atoms with Crippen LogP contribution in [0.1, 0.15) is 23.6 Å². The Morgan fingerprint density at radius 3 is 1.97 bits per heavy atom. The summed E-state index contributed by atoms with van der Waals surface area (Å²) in [6.45, 7) is 8.04. The number of hydrogen-bond donors (Lipinski definition) is 2. The molecule has 160 valence electrons. The van der Waals surface area contributed by atoms with Gasteiger partial charge in [-0.25, -0.2) is 16.8 Å². The summed E-state index contributed by atoms with van der Waals surface area (Å²) in [7, 11) is -7.64. The molecule has 3 rings (SSSR count). The van der Waals surface area contributed by atoms with Crippen molar-refractivity contribution in [3.63, 3.8) is 0 Å². The molecule has 2 N–H and O–H groups in total. The number of aryl methyl sites for hydroxylation is 4. The van der Waals surface area contributed by atoms with Crippen molar-refractivity contribution in [2.24, 2.45) is 0 Å². The van der Waals surface area contributed by atoms with Crippen molar-refractivity contribution >= 4 is 31.4 Å². The number of aromatic nitrogens is 2. The minimum absolute atomic E-state index is 0.0311. The van der Waals surface area contributed by atoms with Crippen LogP contribution in [-0.2, 0) is 26.6 Å². The standard InChI is InChI=1S/C20H24N4O4S2/c1-5-24-13-19(12-21-24)30(27,28)22-17-6-8-18(9-7-17)29(25,26)23-20-15(3)10-14(2)11-16(20)4/h6-13,22-23H,5H2,1-4H3. The molecule has 10 heteroatoms. The van der Waals surface area contributed by atoms with Crippen molar-refractivity contribution in [3.05, 3.63) is 65.5 Å². The Morgan fingerprint density at radius 2 is 1.43 bits per heavy atom. The lowest BCUT2D eigenvalue weighted by Gasteiger charge is -2.14. The van der Waals surface area contributed by atoms with Crippen LogP contribution in [0.15, 0.2) is 58.6 Å². The van der Waals surface area contributed by atoms with Crippen LogP contribution in [0.3, 0.4) is 0 Å². The number of rotatable bonds is 7. The molecule has 30 heavy (non-hydrogen) atoms. The van der Waals surface area contributed by atoms with Gasteiger partial charge in [-0.3, -0.25) is 14.1 Å². The lowest BCUT2D eigenvalue weighted by molar-refractivity contribution is 0.599. The lowest BCUT2D eigenvalue weighted by atomic mass is 10.1. The first-order chi connectivity index (χ1) is 14.0. The van der Waals surface area contributed by atoms with Crippen molar-refractivity contribution in [3.8, 4) is 0 Å². The molecule has 0 aliphatic carbocycles. The molecule has 2 aromatic carbocycles. The van der Waals surface area contributed by atoms with Gasteiger partial charge in [0.15, 0.2) is 0 Å². The SMILES string of the molecule is CCn1cc(S(=O)(=O)Nc2ccc(S(=O)(=O)Nc3c(C)cc(C)cc3C)cc2)cn1. The van der Waals surface area contributed by atoms with Crippen molar-refractivity contribution in [1.82, 2.24) is 9.78 Å². The van der Waals surface area contributed by atoms with E-state index in [1.807, 2.05) is 39.8 Å². The maximum Gasteiger partial charge on any atom is 0.265 e. The molecule has 0 atom stereocenters. The van der Waals surface area contributed by atoms with Gasteiger partial charge < -0.3 is 0 Å². The zero-order chi connectivity index (χ0) is 22.1. The van der Waals surface area contributed by atoms with Crippen molar-refractivity contribution in [2.75, 3.05) is 9.44 Å². The third-order valence-electron chi connectivity index (χ3n) is 4.57. The van der Waals surface area contributed by atoms with E-state index in [-0.39, 0.29) is 15.5 Å². The zero-order valence-electron chi connectivity index (χ0n) is 17.2. The summed E-state index contributed by atoms with van der Waals surface area (Å²) in [6.07, 6.45) is 2.69. The topological polar surface area (TPSA) is 110 Å². The summed E-state index contributed by atoms with van der Waals surface area (Å²) < 4.78 is 57.0. The van der Waals surface area contributed by atoms with Crippen LogP contribution in [-0.4, -0.2) is 26.6 Å². The molecule has 3 aromatic rings. The van der Waals surface area contributed by atoms with Gasteiger partial charge in [-0.15, -0.1) is 0 Å². The molecule has 0 spiro atoms. The maximum atomic E-state index is 12.8. The van der Waals surface area contributed by atoms with Crippen LogP contribution in [0, 0.1) is 20.8 Å². The highest BCUT2D eigenvalue weighted by Crippen LogP contribution is 2.26. The molecule has 0 radical (unpaired) electrons. The number of hydrogen-bond acceptors (Lipinski definition) is 5. The number of nitrogens with one attached hydrogen (secondary N) is 2. The predicted molar refractivity (Wildman–Crippen MR) is 117 cm³/mol. The van der Waals surface area contributed by atoms with Crippen LogP contribution in [0.2, 0.25) is 0 Å². The van der Waals surface area contributed by atoms with Crippen LogP contribution in [0.5, 0.6) is 0 Å². The van der Waals surface area contributed by atoms with Gasteiger partial charge in [0.25, 0.3) is 20.0 Å². The third-order valence-corrected chi connectivity index (χ3v) is 7.28. The molecule has 8 nitrogen and oxygen atoms in total. The fourth-order valence-electron chi connectivity index (χ4n) is 3.11. The van der Waals surface area contributed by atoms with Crippen molar-refractivity contribution < 1.29 is 16.8 Å². The van der Waals surface area contributed by atoms with Crippen LogP contribution < -0.4 is 9.44 Å². The number of anilines is 2. The second-order valence-electron chi connectivity index (χ2n) is 7.04. The molecule has 0 fully saturated rings. The first-order valence-corrected chi connectivity index (χ1v) is 12.2. The Balaban J connectivity index is 1.81. The monoisotopic (exact) mass is 448 g/mol. The summed E-state index contributed by atoms with van der Waals surface area (Å²) in [6, 6.07) is 9.34. The van der Waals surface area contributed by atoms with Crippen LogP contribution in [0.4, 0.5) is 11.4 Å². The number of sulfonamides is 2. The second-order valence-corrected chi connectivity index (χ2v) is 10.4. The Labute approximate surface area is 177 Å². The average molecular weight is 449 g/mol. The highest BCUT2D eigenvalue weighted by Gasteiger charge is 2.19. The van der Waals surface area contributed by atoms with E-state index in [0.29, 0.717) is 12.2 Å². The largest absolute Gasteiger partial charge is 0.280 e. The Morgan fingerprint density at radius 1 is 0.867 bits per heavy atom. The van der Waals surface area contributed by atoms with Gasteiger partial charge in [0.2, 0.25) is 0 Å². The highest BCUT2D eigenvalue weighted by molar-refractivity contribution is 7.93. The van der Waals surface area contributed by atoms with Gasteiger partial charge in [0.05, 0.1) is 16.8 Å². The molecule has 0 aliphatic heterocycles. The van der Waals surface area contributed by atoms with E-state index in [1.165, 1.54) is 41.3 Å². The molecule has 1 heterocycles. The van der Waals surface area contributed by atoms with E-state index in [4.69, 9.17) is 0 Å². The van der Waals surface area contributed by atoms with Gasteiger partial charge in [-0.05, 0) is 63.1 Å². The minimum Gasteiger partial charge on any atom is -0.280 e. The summed E-state index contributed by atoms with van der Waals surface area (Å²) in [5.74, 6) is 0. The molecule has 0 saturated heterocycles. The summed E-state index contributed by atoms with van der Waals surface area (Å²) in [4.78, 5) is 0.0664. The second kappa shape index (κ2) is 8.11. The normalized spacial score (nSPS) is 12.0. The smallest absolute Gasteiger partial charge is 0.265 e. The molecular formula is C20H24N4O4S2. The molecule has 0 amide bonds. The number of nitrogens with zero attached hydrogens (tertiary/aromatic N) is 2. The average Bonchev–Trinajstić information content (AvgIpc) is 3.15. The fourth-order valence-corrected chi connectivity index (χ4v) is 5.32. The molecule has 0 aliphatic rings. The molecule has 1 aromatic heterocycles. The predicted octanol–water partition coefficient (Wildman–Crippen LogP) is 3.43. The number of benzene rings is 2. The zero-order valence-corrected chi connectivity index (χ0v) is 18.8. The third kappa shape index (κ3) is 4.65. The summed E-state index contributed by atoms with van der Waals surface area (Å²) in [5, 5.41) is 3.96. The quantitative estimate of drug-likeness (QED) is 0.575. The summed E-state index contributed by atoms with van der Waals surface area (Å²) in [5.41, 5.74) is 3.49. The van der Waals surface area contributed by atoms with Gasteiger partial charge in [-0.1, -0.05) is 17.7 Å². The van der Waals surface area contributed by atoms with E-state index in [2.05, 4.69) is 14.5 Å². The van der Waals surface area contributed by atoms with E-state index in [1.54, 1.807) is 0 Å². The van der Waals surface area contributed by atoms with Crippen LogP contribution >= 0.6 is 0 Å². The first-order valence-electron chi connectivity index (χ1n) is 9.28. The lowest BCUT2D eigenvalue weighted by Crippen LogP contribution is -2.15. The Kier molecular flexibility index (Phi) is 5.91. The van der Waals surface area contributed by atoms with E-state index in [9.17, 15) is 16.8 Å². The minimum atomic E-state index is -3.82. The van der Waals surface area contributed by atoms with Crippen molar-refractivity contribution in [2.45, 2.75) is 44.0 Å². The maximum absolute atomic E-state index is 12.8. The van der Waals surface area contributed by atoms with Gasteiger partial charge in [-0.2, -0.15) is 5.10 Å². The Hall–Kier alpha value is -2.85. The molecular weight excluding hydrogens is 424 g/mol.